The van der Waals surface area contributed by atoms with Crippen LogP contribution in [0.5, 0.6) is 0 Å². The molecule has 4 heterocycles. The molecule has 5 aromatic rings. The van der Waals surface area contributed by atoms with Gasteiger partial charge in [0.15, 0.2) is 17.3 Å². The molecular weight excluding hydrogens is 410 g/mol. The van der Waals surface area contributed by atoms with Gasteiger partial charge in [0.2, 0.25) is 0 Å². The van der Waals surface area contributed by atoms with Gasteiger partial charge in [0.05, 0.1) is 11.9 Å². The molecule has 0 aliphatic carbocycles. The van der Waals surface area contributed by atoms with Crippen molar-refractivity contribution in [2.45, 2.75) is 26.8 Å². The van der Waals surface area contributed by atoms with E-state index >= 15 is 0 Å². The Labute approximate surface area is 181 Å². The van der Waals surface area contributed by atoms with Crippen molar-refractivity contribution in [2.75, 3.05) is 0 Å². The van der Waals surface area contributed by atoms with Gasteiger partial charge < -0.3 is 0 Å². The standard InChI is InChI=1S/C23H19N5O2S/c1-3-17-14(2)31-22-19(17)21-25-20(16-10-7-11-24-12-16)26-28(21)23(30)27(22)13-18(29)15-8-5-4-6-9-15/h4-12H,3,13H2,1-2H3. The number of rotatable bonds is 5. The lowest BCUT2D eigenvalue weighted by atomic mass is 10.1. The molecule has 1 aromatic carbocycles. The van der Waals surface area contributed by atoms with Crippen molar-refractivity contribution in [2.24, 2.45) is 0 Å². The van der Waals surface area contributed by atoms with Crippen molar-refractivity contribution in [1.29, 1.82) is 0 Å². The van der Waals surface area contributed by atoms with Crippen LogP contribution in [0.2, 0.25) is 0 Å². The van der Waals surface area contributed by atoms with Gasteiger partial charge >= 0.3 is 5.69 Å². The molecule has 0 amide bonds. The molecule has 4 aromatic heterocycles. The van der Waals surface area contributed by atoms with Crippen LogP contribution < -0.4 is 5.69 Å². The molecule has 0 spiro atoms. The Hall–Kier alpha value is -3.65. The number of carbonyl (C=O) groups excluding carboxylic acids is 1. The van der Waals surface area contributed by atoms with Crippen LogP contribution in [0.4, 0.5) is 0 Å². The minimum Gasteiger partial charge on any atom is -0.292 e. The van der Waals surface area contributed by atoms with Gasteiger partial charge in [-0.2, -0.15) is 4.52 Å². The zero-order valence-electron chi connectivity index (χ0n) is 17.1. The van der Waals surface area contributed by atoms with Gasteiger partial charge in [-0.1, -0.05) is 37.3 Å². The number of nitrogens with zero attached hydrogens (tertiary/aromatic N) is 5. The van der Waals surface area contributed by atoms with Crippen LogP contribution in [0.3, 0.4) is 0 Å². The van der Waals surface area contributed by atoms with Gasteiger partial charge in [-0.25, -0.2) is 9.78 Å². The maximum atomic E-state index is 13.4. The quantitative estimate of drug-likeness (QED) is 0.396. The molecule has 0 bridgehead atoms. The monoisotopic (exact) mass is 429 g/mol. The summed E-state index contributed by atoms with van der Waals surface area (Å²) in [5.74, 6) is 0.310. The van der Waals surface area contributed by atoms with Gasteiger partial charge in [-0.3, -0.25) is 14.3 Å². The average Bonchev–Trinajstić information content (AvgIpc) is 3.39. The van der Waals surface area contributed by atoms with E-state index in [1.807, 2.05) is 31.2 Å². The zero-order chi connectivity index (χ0) is 21.5. The first-order valence-electron chi connectivity index (χ1n) is 9.98. The predicted molar refractivity (Wildman–Crippen MR) is 121 cm³/mol. The van der Waals surface area contributed by atoms with Crippen LogP contribution in [-0.2, 0) is 13.0 Å². The van der Waals surface area contributed by atoms with E-state index in [-0.39, 0.29) is 18.0 Å². The number of ketones is 1. The van der Waals surface area contributed by atoms with Gasteiger partial charge in [0.1, 0.15) is 4.83 Å². The third kappa shape index (κ3) is 3.16. The number of aromatic nitrogens is 5. The van der Waals surface area contributed by atoms with Gasteiger partial charge in [-0.15, -0.1) is 16.4 Å². The summed E-state index contributed by atoms with van der Waals surface area (Å²) in [6.07, 6.45) is 4.14. The SMILES string of the molecule is CCc1c(C)sc2c1c1nc(-c3cccnc3)nn1c(=O)n2CC(=O)c1ccccc1. The summed E-state index contributed by atoms with van der Waals surface area (Å²) in [4.78, 5) is 37.0. The van der Waals surface area contributed by atoms with Crippen LogP contribution >= 0.6 is 11.3 Å². The number of hydrogen-bond donors (Lipinski definition) is 0. The van der Waals surface area contributed by atoms with E-state index in [0.717, 1.165) is 32.6 Å². The maximum absolute atomic E-state index is 13.4. The Morgan fingerprint density at radius 1 is 1.13 bits per heavy atom. The third-order valence-electron chi connectivity index (χ3n) is 5.35. The van der Waals surface area contributed by atoms with E-state index in [1.54, 1.807) is 30.6 Å². The maximum Gasteiger partial charge on any atom is 0.352 e. The van der Waals surface area contributed by atoms with E-state index < -0.39 is 0 Å². The number of carbonyl (C=O) groups is 1. The molecule has 0 unspecified atom stereocenters. The largest absolute Gasteiger partial charge is 0.352 e. The van der Waals surface area contributed by atoms with Crippen molar-refractivity contribution in [3.8, 4) is 11.4 Å². The molecule has 7 nitrogen and oxygen atoms in total. The van der Waals surface area contributed by atoms with Crippen LogP contribution in [0.15, 0.2) is 59.7 Å². The van der Waals surface area contributed by atoms with Crippen molar-refractivity contribution < 1.29 is 4.79 Å². The van der Waals surface area contributed by atoms with Crippen molar-refractivity contribution in [3.05, 3.63) is 81.3 Å². The molecule has 0 saturated carbocycles. The Bertz CT molecular complexity index is 1480. The summed E-state index contributed by atoms with van der Waals surface area (Å²) < 4.78 is 2.84. The molecule has 0 fully saturated rings. The average molecular weight is 430 g/mol. The van der Waals surface area contributed by atoms with Gasteiger partial charge in [-0.05, 0) is 31.0 Å². The summed E-state index contributed by atoms with van der Waals surface area (Å²) in [7, 11) is 0. The van der Waals surface area contributed by atoms with E-state index in [1.165, 1.54) is 20.4 Å². The zero-order valence-corrected chi connectivity index (χ0v) is 17.9. The molecule has 31 heavy (non-hydrogen) atoms. The summed E-state index contributed by atoms with van der Waals surface area (Å²) in [5, 5.41) is 5.37. The fraction of sp³-hybridized carbons (Fsp3) is 0.174. The highest BCUT2D eigenvalue weighted by atomic mass is 32.1. The first kappa shape index (κ1) is 19.3. The Morgan fingerprint density at radius 3 is 2.65 bits per heavy atom. The molecule has 0 radical (unpaired) electrons. The second-order valence-electron chi connectivity index (χ2n) is 7.24. The minimum atomic E-state index is -0.377. The van der Waals surface area contributed by atoms with Gasteiger partial charge in [0.25, 0.3) is 0 Å². The highest BCUT2D eigenvalue weighted by molar-refractivity contribution is 7.19. The minimum absolute atomic E-state index is 0.0551. The van der Waals surface area contributed by atoms with E-state index in [4.69, 9.17) is 4.98 Å². The molecule has 0 aliphatic rings. The molecule has 5 rings (SSSR count). The Kier molecular flexibility index (Phi) is 4.71. The molecule has 154 valence electrons. The number of benzene rings is 1. The number of aryl methyl sites for hydroxylation is 2. The molecule has 0 atom stereocenters. The number of pyridine rings is 1. The lowest BCUT2D eigenvalue weighted by Crippen LogP contribution is -2.30. The Balaban J connectivity index is 1.78. The second kappa shape index (κ2) is 7.55. The number of hydrogen-bond acceptors (Lipinski definition) is 6. The van der Waals surface area contributed by atoms with E-state index in [2.05, 4.69) is 17.0 Å². The van der Waals surface area contributed by atoms with Crippen molar-refractivity contribution in [1.82, 2.24) is 24.1 Å². The lowest BCUT2D eigenvalue weighted by molar-refractivity contribution is 0.0972. The molecular formula is C23H19N5O2S. The van der Waals surface area contributed by atoms with Crippen LogP contribution in [-0.4, -0.2) is 29.9 Å². The van der Waals surface area contributed by atoms with Crippen LogP contribution in [0.1, 0.15) is 27.7 Å². The van der Waals surface area contributed by atoms with Crippen molar-refractivity contribution in [3.63, 3.8) is 0 Å². The second-order valence-corrected chi connectivity index (χ2v) is 8.44. The third-order valence-corrected chi connectivity index (χ3v) is 6.52. The summed E-state index contributed by atoms with van der Waals surface area (Å²) in [6.45, 7) is 4.06. The highest BCUT2D eigenvalue weighted by Crippen LogP contribution is 2.33. The van der Waals surface area contributed by atoms with E-state index in [0.29, 0.717) is 17.0 Å². The first-order valence-corrected chi connectivity index (χ1v) is 10.8. The Morgan fingerprint density at radius 2 is 1.94 bits per heavy atom. The summed E-state index contributed by atoms with van der Waals surface area (Å²) in [6, 6.07) is 12.7. The smallest absolute Gasteiger partial charge is 0.292 e. The van der Waals surface area contributed by atoms with E-state index in [9.17, 15) is 9.59 Å². The highest BCUT2D eigenvalue weighted by Gasteiger charge is 2.22. The topological polar surface area (TPSA) is 82.2 Å². The van der Waals surface area contributed by atoms with Gasteiger partial charge in [0, 0.05) is 28.4 Å². The first-order chi connectivity index (χ1) is 15.1. The van der Waals surface area contributed by atoms with Crippen LogP contribution in [0, 0.1) is 6.92 Å². The summed E-state index contributed by atoms with van der Waals surface area (Å²) in [5.41, 5.74) is 2.56. The molecule has 8 heteroatoms. The fourth-order valence-electron chi connectivity index (χ4n) is 3.83. The fourth-order valence-corrected chi connectivity index (χ4v) is 5.06. The number of fused-ring (bicyclic) bond motifs is 3. The number of thiophene rings is 1. The molecule has 0 saturated heterocycles. The lowest BCUT2D eigenvalue weighted by Gasteiger charge is -2.08. The van der Waals surface area contributed by atoms with Crippen LogP contribution in [0.25, 0.3) is 27.3 Å². The molecule has 0 N–H and O–H groups in total. The van der Waals surface area contributed by atoms with Crippen molar-refractivity contribution >= 4 is 33.0 Å². The normalized spacial score (nSPS) is 11.4. The number of Topliss-reactive ketones (excluding diaryl/α,β-unsaturated/α-hetero) is 1. The predicted octanol–water partition coefficient (Wildman–Crippen LogP) is 3.92. The molecule has 0 aliphatic heterocycles. The summed E-state index contributed by atoms with van der Waals surface area (Å²) >= 11 is 1.52.